The molecule has 0 saturated carbocycles. The average Bonchev–Trinajstić information content (AvgIpc) is 3.19. The summed E-state index contributed by atoms with van der Waals surface area (Å²) in [7, 11) is 0. The number of benzene rings is 1. The largest absolute Gasteiger partial charge is 0.394 e. The molecule has 1 amide bonds. The van der Waals surface area contributed by atoms with Gasteiger partial charge in [0.1, 0.15) is 0 Å². The Kier molecular flexibility index (Phi) is 4.45. The summed E-state index contributed by atoms with van der Waals surface area (Å²) in [6, 6.07) is 9.14. The van der Waals surface area contributed by atoms with Crippen LogP contribution in [-0.2, 0) is 0 Å². The number of aliphatic hydroxyl groups excluding tert-OH is 1. The Bertz CT molecular complexity index is 808. The number of amides is 1. The van der Waals surface area contributed by atoms with Gasteiger partial charge >= 0.3 is 0 Å². The summed E-state index contributed by atoms with van der Waals surface area (Å²) in [6.45, 7) is 3.87. The molecule has 2 heterocycles. The van der Waals surface area contributed by atoms with E-state index in [1.807, 2.05) is 55.1 Å². The molecule has 5 nitrogen and oxygen atoms in total. The maximum Gasteiger partial charge on any atom is 0.251 e. The number of nitrogens with zero attached hydrogens (tertiary/aromatic N) is 2. The van der Waals surface area contributed by atoms with Crippen LogP contribution in [-0.4, -0.2) is 33.2 Å². The number of nitrogens with one attached hydrogen (secondary N) is 1. The van der Waals surface area contributed by atoms with E-state index in [9.17, 15) is 9.90 Å². The van der Waals surface area contributed by atoms with Gasteiger partial charge in [-0.2, -0.15) is 0 Å². The van der Waals surface area contributed by atoms with Gasteiger partial charge in [-0.05, 0) is 36.2 Å². The second kappa shape index (κ2) is 6.52. The predicted octanol–water partition coefficient (Wildman–Crippen LogP) is 2.83. The van der Waals surface area contributed by atoms with Crippen LogP contribution >= 0.6 is 11.3 Å². The first-order valence-corrected chi connectivity index (χ1v) is 8.36. The van der Waals surface area contributed by atoms with Gasteiger partial charge in [0.2, 0.25) is 0 Å². The first-order chi connectivity index (χ1) is 11.1. The standard InChI is InChI=1S/C17H19N3O2S/c1-11(2)14(10-21)18-16(22)12-5-6-13-15(9-12)23-17(19-13)20-7-3-4-8-20/h3-9,11,14,21H,10H2,1-2H3,(H,18,22). The predicted molar refractivity (Wildman–Crippen MR) is 92.1 cm³/mol. The fourth-order valence-corrected chi connectivity index (χ4v) is 3.27. The summed E-state index contributed by atoms with van der Waals surface area (Å²) >= 11 is 1.54. The van der Waals surface area contributed by atoms with E-state index >= 15 is 0 Å². The molecular formula is C17H19N3O2S. The van der Waals surface area contributed by atoms with Gasteiger partial charge in [-0.3, -0.25) is 4.79 Å². The monoisotopic (exact) mass is 329 g/mol. The normalized spacial score (nSPS) is 12.7. The molecule has 1 aromatic carbocycles. The number of aliphatic hydroxyl groups is 1. The zero-order chi connectivity index (χ0) is 16.4. The molecule has 3 aromatic rings. The number of carbonyl (C=O) groups excluding carboxylic acids is 1. The van der Waals surface area contributed by atoms with Gasteiger partial charge in [-0.25, -0.2) is 4.98 Å². The molecule has 0 aliphatic heterocycles. The molecule has 0 saturated heterocycles. The van der Waals surface area contributed by atoms with E-state index in [4.69, 9.17) is 0 Å². The van der Waals surface area contributed by atoms with Gasteiger partial charge in [0.05, 0.1) is 22.9 Å². The van der Waals surface area contributed by atoms with E-state index in [1.165, 1.54) is 11.3 Å². The highest BCUT2D eigenvalue weighted by Crippen LogP contribution is 2.26. The first-order valence-electron chi connectivity index (χ1n) is 7.54. The highest BCUT2D eigenvalue weighted by atomic mass is 32.1. The van der Waals surface area contributed by atoms with Crippen LogP contribution in [0.25, 0.3) is 15.3 Å². The third kappa shape index (κ3) is 3.28. The van der Waals surface area contributed by atoms with Crippen LogP contribution in [0.1, 0.15) is 24.2 Å². The Hall–Kier alpha value is -2.18. The van der Waals surface area contributed by atoms with Crippen LogP contribution in [0.3, 0.4) is 0 Å². The smallest absolute Gasteiger partial charge is 0.251 e. The molecule has 2 aromatic heterocycles. The van der Waals surface area contributed by atoms with Crippen LogP contribution in [0.4, 0.5) is 0 Å². The van der Waals surface area contributed by atoms with E-state index in [-0.39, 0.29) is 24.5 Å². The number of fused-ring (bicyclic) bond motifs is 1. The summed E-state index contributed by atoms with van der Waals surface area (Å²) < 4.78 is 2.91. The van der Waals surface area contributed by atoms with Gasteiger partial charge in [-0.15, -0.1) is 0 Å². The molecule has 23 heavy (non-hydrogen) atoms. The summed E-state index contributed by atoms with van der Waals surface area (Å²) in [5, 5.41) is 13.1. The highest BCUT2D eigenvalue weighted by molar-refractivity contribution is 7.20. The van der Waals surface area contributed by atoms with Crippen molar-refractivity contribution in [3.8, 4) is 5.13 Å². The van der Waals surface area contributed by atoms with Gasteiger partial charge in [0.25, 0.3) is 5.91 Å². The Labute approximate surface area is 138 Å². The first kappa shape index (κ1) is 15.7. The van der Waals surface area contributed by atoms with Crippen molar-refractivity contribution in [2.24, 2.45) is 5.92 Å². The maximum absolute atomic E-state index is 12.4. The molecule has 0 bridgehead atoms. The minimum absolute atomic E-state index is 0.0655. The zero-order valence-corrected chi connectivity index (χ0v) is 13.9. The fraction of sp³-hybridized carbons (Fsp3) is 0.294. The van der Waals surface area contributed by atoms with Crippen molar-refractivity contribution >= 4 is 27.5 Å². The lowest BCUT2D eigenvalue weighted by molar-refractivity contribution is 0.0897. The molecule has 3 rings (SSSR count). The Morgan fingerprint density at radius 1 is 1.35 bits per heavy atom. The second-order valence-corrected chi connectivity index (χ2v) is 6.78. The lowest BCUT2D eigenvalue weighted by Gasteiger charge is -2.19. The van der Waals surface area contributed by atoms with E-state index in [0.29, 0.717) is 5.56 Å². The molecule has 120 valence electrons. The minimum Gasteiger partial charge on any atom is -0.394 e. The highest BCUT2D eigenvalue weighted by Gasteiger charge is 2.17. The van der Waals surface area contributed by atoms with Crippen molar-refractivity contribution in [1.82, 2.24) is 14.9 Å². The molecule has 1 atom stereocenters. The number of aromatic nitrogens is 2. The SMILES string of the molecule is CC(C)C(CO)NC(=O)c1ccc2nc(-n3cccc3)sc2c1. The van der Waals surface area contributed by atoms with Crippen LogP contribution in [0, 0.1) is 5.92 Å². The summed E-state index contributed by atoms with van der Waals surface area (Å²) in [5.41, 5.74) is 1.46. The topological polar surface area (TPSA) is 67.2 Å². The summed E-state index contributed by atoms with van der Waals surface area (Å²) in [6.07, 6.45) is 3.89. The lowest BCUT2D eigenvalue weighted by atomic mass is 10.0. The van der Waals surface area contributed by atoms with Gasteiger partial charge in [0.15, 0.2) is 5.13 Å². The fourth-order valence-electron chi connectivity index (χ4n) is 2.30. The van der Waals surface area contributed by atoms with Crippen LogP contribution in [0.15, 0.2) is 42.7 Å². The van der Waals surface area contributed by atoms with Crippen molar-refractivity contribution in [3.63, 3.8) is 0 Å². The maximum atomic E-state index is 12.4. The van der Waals surface area contributed by atoms with Crippen LogP contribution in [0.5, 0.6) is 0 Å². The third-order valence-electron chi connectivity index (χ3n) is 3.78. The minimum atomic E-state index is -0.241. The Balaban J connectivity index is 1.86. The Morgan fingerprint density at radius 2 is 2.09 bits per heavy atom. The van der Waals surface area contributed by atoms with E-state index in [2.05, 4.69) is 10.3 Å². The van der Waals surface area contributed by atoms with Crippen molar-refractivity contribution < 1.29 is 9.90 Å². The molecule has 6 heteroatoms. The molecule has 0 aliphatic rings. The van der Waals surface area contributed by atoms with E-state index in [1.54, 1.807) is 6.07 Å². The van der Waals surface area contributed by atoms with Crippen molar-refractivity contribution in [2.75, 3.05) is 6.61 Å². The van der Waals surface area contributed by atoms with Crippen molar-refractivity contribution in [2.45, 2.75) is 19.9 Å². The quantitative estimate of drug-likeness (QED) is 0.756. The van der Waals surface area contributed by atoms with Crippen LogP contribution < -0.4 is 5.32 Å². The van der Waals surface area contributed by atoms with Gasteiger partial charge in [0, 0.05) is 18.0 Å². The number of hydrogen-bond donors (Lipinski definition) is 2. The molecule has 1 unspecified atom stereocenters. The molecule has 0 aliphatic carbocycles. The number of rotatable bonds is 5. The molecule has 0 radical (unpaired) electrons. The zero-order valence-electron chi connectivity index (χ0n) is 13.1. The van der Waals surface area contributed by atoms with E-state index < -0.39 is 0 Å². The lowest BCUT2D eigenvalue weighted by Crippen LogP contribution is -2.41. The molecule has 0 fully saturated rings. The summed E-state index contributed by atoms with van der Waals surface area (Å²) in [5.74, 6) is 0.00648. The number of hydrogen-bond acceptors (Lipinski definition) is 4. The molecular weight excluding hydrogens is 310 g/mol. The third-order valence-corrected chi connectivity index (χ3v) is 4.81. The van der Waals surface area contributed by atoms with Crippen molar-refractivity contribution in [3.05, 3.63) is 48.3 Å². The van der Waals surface area contributed by atoms with Crippen LogP contribution in [0.2, 0.25) is 0 Å². The van der Waals surface area contributed by atoms with Gasteiger partial charge < -0.3 is 15.0 Å². The summed E-state index contributed by atoms with van der Waals surface area (Å²) in [4.78, 5) is 16.9. The van der Waals surface area contributed by atoms with Crippen molar-refractivity contribution in [1.29, 1.82) is 0 Å². The average molecular weight is 329 g/mol. The molecule has 2 N–H and O–H groups in total. The molecule has 0 spiro atoms. The Morgan fingerprint density at radius 3 is 2.74 bits per heavy atom. The number of carbonyl (C=O) groups is 1. The number of thiazole rings is 1. The van der Waals surface area contributed by atoms with E-state index in [0.717, 1.165) is 15.3 Å². The second-order valence-electron chi connectivity index (χ2n) is 5.78. The van der Waals surface area contributed by atoms with Gasteiger partial charge in [-0.1, -0.05) is 25.2 Å².